The highest BCUT2D eigenvalue weighted by Gasteiger charge is 2.16. The van der Waals surface area contributed by atoms with Gasteiger partial charge in [0.15, 0.2) is 0 Å². The molecule has 72 valence electrons. The first kappa shape index (κ1) is 10.0. The molecule has 0 heterocycles. The van der Waals surface area contributed by atoms with Gasteiger partial charge in [0.2, 0.25) is 0 Å². The fraction of sp³-hybridized carbons (Fsp3) is 1.00. The molecule has 12 heavy (non-hydrogen) atoms. The van der Waals surface area contributed by atoms with E-state index in [0.717, 1.165) is 24.9 Å². The molecule has 0 radical (unpaired) electrons. The summed E-state index contributed by atoms with van der Waals surface area (Å²) in [5.41, 5.74) is 0. The molecule has 0 bridgehead atoms. The van der Waals surface area contributed by atoms with E-state index in [9.17, 15) is 0 Å². The topological polar surface area (TPSA) is 32.3 Å². The predicted octanol–water partition coefficient (Wildman–Crippen LogP) is 1.54. The van der Waals surface area contributed by atoms with Gasteiger partial charge in [0, 0.05) is 12.6 Å². The van der Waals surface area contributed by atoms with Gasteiger partial charge in [-0.3, -0.25) is 0 Å². The smallest absolute Gasteiger partial charge is 0.0443 e. The Kier molecular flexibility index (Phi) is 4.62. The molecule has 1 aliphatic carbocycles. The Labute approximate surface area is 75.4 Å². The predicted molar refractivity (Wildman–Crippen MR) is 51.1 cm³/mol. The summed E-state index contributed by atoms with van der Waals surface area (Å²) < 4.78 is 0. The molecule has 0 unspecified atom stereocenters. The van der Waals surface area contributed by atoms with Crippen molar-refractivity contribution >= 4 is 0 Å². The molecule has 2 heteroatoms. The molecule has 1 aliphatic rings. The third-order valence-electron chi connectivity index (χ3n) is 2.78. The van der Waals surface area contributed by atoms with Gasteiger partial charge in [-0.1, -0.05) is 6.92 Å². The van der Waals surface area contributed by atoms with Crippen molar-refractivity contribution in [3.8, 4) is 0 Å². The lowest BCUT2D eigenvalue weighted by Crippen LogP contribution is -2.33. The summed E-state index contributed by atoms with van der Waals surface area (Å²) in [4.78, 5) is 0. The van der Waals surface area contributed by atoms with Crippen LogP contribution in [0.2, 0.25) is 0 Å². The molecule has 1 saturated carbocycles. The Balaban J connectivity index is 2.01. The average Bonchev–Trinajstić information content (AvgIpc) is 2.09. The van der Waals surface area contributed by atoms with Gasteiger partial charge >= 0.3 is 0 Å². The standard InChI is InChI=1S/C10H21NO/c1-9-3-5-10(6-4-9)11-7-2-8-12/h9-12H,2-8H2,1H3. The van der Waals surface area contributed by atoms with Crippen LogP contribution in [0.5, 0.6) is 0 Å². The maximum absolute atomic E-state index is 8.60. The maximum atomic E-state index is 8.60. The third kappa shape index (κ3) is 3.55. The highest BCUT2D eigenvalue weighted by atomic mass is 16.3. The van der Waals surface area contributed by atoms with Crippen molar-refractivity contribution < 1.29 is 5.11 Å². The van der Waals surface area contributed by atoms with Crippen molar-refractivity contribution in [1.29, 1.82) is 0 Å². The lowest BCUT2D eigenvalue weighted by molar-refractivity contribution is 0.268. The molecule has 1 rings (SSSR count). The van der Waals surface area contributed by atoms with Crippen molar-refractivity contribution in [3.05, 3.63) is 0 Å². The molecule has 1 fully saturated rings. The Morgan fingerprint density at radius 3 is 2.50 bits per heavy atom. The summed E-state index contributed by atoms with van der Waals surface area (Å²) in [5.74, 6) is 0.931. The second kappa shape index (κ2) is 5.55. The number of nitrogens with one attached hydrogen (secondary N) is 1. The van der Waals surface area contributed by atoms with Crippen molar-refractivity contribution in [1.82, 2.24) is 5.32 Å². The van der Waals surface area contributed by atoms with E-state index in [-0.39, 0.29) is 0 Å². The van der Waals surface area contributed by atoms with Crippen molar-refractivity contribution in [2.75, 3.05) is 13.2 Å². The zero-order valence-corrected chi connectivity index (χ0v) is 8.05. The highest BCUT2D eigenvalue weighted by Crippen LogP contribution is 2.23. The normalized spacial score (nSPS) is 30.5. The van der Waals surface area contributed by atoms with E-state index in [1.54, 1.807) is 0 Å². The van der Waals surface area contributed by atoms with Crippen molar-refractivity contribution in [2.45, 2.75) is 45.1 Å². The van der Waals surface area contributed by atoms with Gasteiger partial charge in [-0.2, -0.15) is 0 Å². The quantitative estimate of drug-likeness (QED) is 0.629. The molecule has 2 nitrogen and oxygen atoms in total. The SMILES string of the molecule is CC1CCC(NCCCO)CC1. The summed E-state index contributed by atoms with van der Waals surface area (Å²) in [7, 11) is 0. The van der Waals surface area contributed by atoms with Gasteiger partial charge in [-0.05, 0) is 44.6 Å². The molecule has 2 N–H and O–H groups in total. The summed E-state index contributed by atoms with van der Waals surface area (Å²) in [6, 6.07) is 0.729. The summed E-state index contributed by atoms with van der Waals surface area (Å²) in [6.45, 7) is 3.63. The van der Waals surface area contributed by atoms with Crippen LogP contribution in [0.25, 0.3) is 0 Å². The van der Waals surface area contributed by atoms with Gasteiger partial charge in [-0.15, -0.1) is 0 Å². The van der Waals surface area contributed by atoms with Crippen LogP contribution in [-0.2, 0) is 0 Å². The summed E-state index contributed by atoms with van der Waals surface area (Å²) in [6.07, 6.45) is 6.29. The Bertz CT molecular complexity index is 108. The van der Waals surface area contributed by atoms with E-state index in [1.165, 1.54) is 25.7 Å². The molecule has 0 spiro atoms. The minimum Gasteiger partial charge on any atom is -0.396 e. The molecule has 0 atom stereocenters. The first-order chi connectivity index (χ1) is 5.83. The zero-order valence-electron chi connectivity index (χ0n) is 8.05. The fourth-order valence-electron chi connectivity index (χ4n) is 1.85. The van der Waals surface area contributed by atoms with Crippen molar-refractivity contribution in [2.24, 2.45) is 5.92 Å². The molecule has 0 aromatic carbocycles. The summed E-state index contributed by atoms with van der Waals surface area (Å²) in [5, 5.41) is 12.1. The van der Waals surface area contributed by atoms with Gasteiger partial charge in [0.1, 0.15) is 0 Å². The minimum atomic E-state index is 0.316. The van der Waals surface area contributed by atoms with Crippen LogP contribution < -0.4 is 5.32 Å². The van der Waals surface area contributed by atoms with Crippen LogP contribution in [0.1, 0.15) is 39.0 Å². The molecule has 0 aromatic heterocycles. The molecule has 0 saturated heterocycles. The first-order valence-corrected chi connectivity index (χ1v) is 5.17. The van der Waals surface area contributed by atoms with E-state index in [0.29, 0.717) is 6.61 Å². The Morgan fingerprint density at radius 2 is 1.92 bits per heavy atom. The maximum Gasteiger partial charge on any atom is 0.0443 e. The number of rotatable bonds is 4. The van der Waals surface area contributed by atoms with Gasteiger partial charge in [-0.25, -0.2) is 0 Å². The fourth-order valence-corrected chi connectivity index (χ4v) is 1.85. The monoisotopic (exact) mass is 171 g/mol. The number of hydrogen-bond acceptors (Lipinski definition) is 2. The van der Waals surface area contributed by atoms with Crippen LogP contribution in [0.4, 0.5) is 0 Å². The third-order valence-corrected chi connectivity index (χ3v) is 2.78. The Hall–Kier alpha value is -0.0800. The second-order valence-electron chi connectivity index (χ2n) is 3.99. The van der Waals surface area contributed by atoms with Gasteiger partial charge in [0.25, 0.3) is 0 Å². The number of aliphatic hydroxyl groups excluding tert-OH is 1. The van der Waals surface area contributed by atoms with Crippen molar-refractivity contribution in [3.63, 3.8) is 0 Å². The summed E-state index contributed by atoms with van der Waals surface area (Å²) >= 11 is 0. The van der Waals surface area contributed by atoms with Crippen LogP contribution in [-0.4, -0.2) is 24.3 Å². The molecular formula is C10H21NO. The van der Waals surface area contributed by atoms with E-state index in [2.05, 4.69) is 12.2 Å². The van der Waals surface area contributed by atoms with E-state index >= 15 is 0 Å². The van der Waals surface area contributed by atoms with E-state index in [4.69, 9.17) is 5.11 Å². The Morgan fingerprint density at radius 1 is 1.25 bits per heavy atom. The van der Waals surface area contributed by atoms with Crippen LogP contribution in [0.3, 0.4) is 0 Å². The van der Waals surface area contributed by atoms with Crippen LogP contribution in [0.15, 0.2) is 0 Å². The van der Waals surface area contributed by atoms with Gasteiger partial charge < -0.3 is 10.4 Å². The van der Waals surface area contributed by atoms with E-state index < -0.39 is 0 Å². The second-order valence-corrected chi connectivity index (χ2v) is 3.99. The first-order valence-electron chi connectivity index (χ1n) is 5.17. The molecule has 0 aliphatic heterocycles. The lowest BCUT2D eigenvalue weighted by Gasteiger charge is -2.26. The lowest BCUT2D eigenvalue weighted by atomic mass is 9.87. The zero-order chi connectivity index (χ0) is 8.81. The number of aliphatic hydroxyl groups is 1. The molecular weight excluding hydrogens is 150 g/mol. The largest absolute Gasteiger partial charge is 0.396 e. The minimum absolute atomic E-state index is 0.316. The van der Waals surface area contributed by atoms with Crippen LogP contribution >= 0.6 is 0 Å². The molecule has 0 aromatic rings. The number of hydrogen-bond donors (Lipinski definition) is 2. The van der Waals surface area contributed by atoms with Gasteiger partial charge in [0.05, 0.1) is 0 Å². The van der Waals surface area contributed by atoms with Crippen LogP contribution in [0, 0.1) is 5.92 Å². The van der Waals surface area contributed by atoms with E-state index in [1.807, 2.05) is 0 Å². The average molecular weight is 171 g/mol. The molecule has 0 amide bonds. The highest BCUT2D eigenvalue weighted by molar-refractivity contribution is 4.74.